The molecule has 0 saturated carbocycles. The van der Waals surface area contributed by atoms with Crippen molar-refractivity contribution in [1.29, 1.82) is 0 Å². The second kappa shape index (κ2) is 14.6. The van der Waals surface area contributed by atoms with Crippen molar-refractivity contribution < 1.29 is 28.9 Å². The number of aliphatic hydroxyl groups excluding tert-OH is 1. The first-order valence-electron chi connectivity index (χ1n) is 19.3. The Morgan fingerprint density at radius 1 is 0.964 bits per heavy atom. The summed E-state index contributed by atoms with van der Waals surface area (Å²) in [5, 5.41) is 17.1. The van der Waals surface area contributed by atoms with Gasteiger partial charge in [0, 0.05) is 23.4 Å². The molecule has 1 spiro atoms. The van der Waals surface area contributed by atoms with Crippen molar-refractivity contribution in [3.05, 3.63) is 119 Å². The number of nitrogens with zero attached hydrogens (tertiary/aromatic N) is 4. The molecule has 3 aliphatic rings. The number of fused-ring (bicyclic) bond motifs is 3. The van der Waals surface area contributed by atoms with E-state index in [0.717, 1.165) is 29.5 Å². The fourth-order valence-electron chi connectivity index (χ4n) is 9.66. The Hall–Kier alpha value is -5.30. The highest BCUT2D eigenvalue weighted by molar-refractivity contribution is 6.91. The van der Waals surface area contributed by atoms with Crippen molar-refractivity contribution in [2.45, 2.75) is 69.1 Å². The molecule has 11 nitrogen and oxygen atoms in total. The molecule has 4 aromatic carbocycles. The van der Waals surface area contributed by atoms with Gasteiger partial charge >= 0.3 is 0 Å². The Bertz CT molecular complexity index is 2360. The Labute approximate surface area is 327 Å². The number of amides is 2. The first-order valence-corrected chi connectivity index (χ1v) is 22.4. The lowest BCUT2D eigenvalue weighted by atomic mass is 9.82. The number of likely N-dealkylation sites (tertiary alicyclic amines) is 1. The van der Waals surface area contributed by atoms with Gasteiger partial charge in [-0.25, -0.2) is 0 Å². The van der Waals surface area contributed by atoms with Gasteiger partial charge in [-0.1, -0.05) is 67.7 Å². The minimum Gasteiger partial charge on any atom is -0.497 e. The molecule has 0 radical (unpaired) electrons. The van der Waals surface area contributed by atoms with Gasteiger partial charge in [-0.05, 0) is 72.5 Å². The summed E-state index contributed by atoms with van der Waals surface area (Å²) in [4.78, 5) is 46.6. The molecule has 2 fully saturated rings. The Morgan fingerprint density at radius 2 is 1.71 bits per heavy atom. The third kappa shape index (κ3) is 6.11. The van der Waals surface area contributed by atoms with Crippen LogP contribution in [0.4, 0.5) is 5.69 Å². The number of methoxy groups -OCH3 is 2. The minimum absolute atomic E-state index is 0.0668. The van der Waals surface area contributed by atoms with Gasteiger partial charge in [0.2, 0.25) is 5.91 Å². The van der Waals surface area contributed by atoms with Gasteiger partial charge in [-0.15, -0.1) is 0 Å². The first-order chi connectivity index (χ1) is 27.0. The quantitative estimate of drug-likeness (QED) is 0.184. The van der Waals surface area contributed by atoms with E-state index in [0.29, 0.717) is 34.6 Å². The smallest absolute Gasteiger partial charge is 0.279 e. The summed E-state index contributed by atoms with van der Waals surface area (Å²) in [6.45, 7) is 7.41. The van der Waals surface area contributed by atoms with Crippen LogP contribution in [0.1, 0.15) is 37.3 Å². The number of benzene rings is 4. The van der Waals surface area contributed by atoms with Gasteiger partial charge in [-0.3, -0.25) is 14.4 Å². The standard InChI is InChI=1S/C44H48N4O7Si/c1-28-41(56(4,5)35-18-15-33(53-2)16-19-35)39(24-40(50)46-21-9-13-32(46)27-49)55-44(28)37-23-34(54-3)17-20-38(37)47(43(44)52)26-29-10-8-12-31(22-29)48-42(51)36-14-7-6-11-30(36)25-45-48/h6-8,10-12,14-20,22-23,25,28,32,39,41,49H,9,13,21,24,26-27H2,1-5H3/t28-,32+,39+,41-,44+/m1/s1. The third-order valence-corrected chi connectivity index (χ3v) is 16.9. The third-order valence-electron chi connectivity index (χ3n) is 12.5. The van der Waals surface area contributed by atoms with Crippen molar-refractivity contribution in [2.24, 2.45) is 5.92 Å². The topological polar surface area (TPSA) is 123 Å². The maximum absolute atomic E-state index is 15.4. The van der Waals surface area contributed by atoms with Crippen molar-refractivity contribution in [3.63, 3.8) is 0 Å². The maximum atomic E-state index is 15.4. The molecule has 1 aromatic heterocycles. The molecule has 3 aliphatic heterocycles. The molecule has 2 amide bonds. The van der Waals surface area contributed by atoms with E-state index in [1.165, 1.54) is 9.87 Å². The van der Waals surface area contributed by atoms with E-state index in [-0.39, 0.29) is 54.4 Å². The fourth-order valence-corrected chi connectivity index (χ4v) is 13.7. The van der Waals surface area contributed by atoms with Gasteiger partial charge in [0.05, 0.1) is 77.0 Å². The van der Waals surface area contributed by atoms with E-state index >= 15 is 4.79 Å². The van der Waals surface area contributed by atoms with Crippen LogP contribution in [0.15, 0.2) is 102 Å². The Kier molecular flexibility index (Phi) is 9.84. The van der Waals surface area contributed by atoms with Gasteiger partial charge in [0.1, 0.15) is 11.5 Å². The molecule has 4 heterocycles. The number of hydrogen-bond donors (Lipinski definition) is 1. The summed E-state index contributed by atoms with van der Waals surface area (Å²) in [6.07, 6.45) is 2.81. The van der Waals surface area contributed by atoms with Crippen LogP contribution in [-0.4, -0.2) is 79.2 Å². The number of carbonyl (C=O) groups is 2. The van der Waals surface area contributed by atoms with E-state index in [4.69, 9.17) is 14.2 Å². The molecule has 0 aliphatic carbocycles. The Morgan fingerprint density at radius 3 is 2.46 bits per heavy atom. The Balaban J connectivity index is 1.20. The van der Waals surface area contributed by atoms with Crippen LogP contribution < -0.4 is 25.1 Å². The maximum Gasteiger partial charge on any atom is 0.279 e. The molecule has 56 heavy (non-hydrogen) atoms. The average Bonchev–Trinajstić information content (AvgIpc) is 3.88. The molecule has 0 unspecified atom stereocenters. The van der Waals surface area contributed by atoms with Crippen molar-refractivity contribution >= 4 is 41.5 Å². The summed E-state index contributed by atoms with van der Waals surface area (Å²) in [5.74, 6) is 0.764. The van der Waals surface area contributed by atoms with E-state index < -0.39 is 19.8 Å². The highest BCUT2D eigenvalue weighted by atomic mass is 28.3. The zero-order valence-electron chi connectivity index (χ0n) is 32.5. The van der Waals surface area contributed by atoms with E-state index in [9.17, 15) is 14.7 Å². The number of anilines is 1. The summed E-state index contributed by atoms with van der Waals surface area (Å²) < 4.78 is 19.8. The van der Waals surface area contributed by atoms with Crippen molar-refractivity contribution in [3.8, 4) is 17.2 Å². The average molecular weight is 773 g/mol. The molecule has 12 heteroatoms. The number of aliphatic hydroxyl groups is 1. The monoisotopic (exact) mass is 772 g/mol. The predicted octanol–water partition coefficient (Wildman–Crippen LogP) is 5.54. The van der Waals surface area contributed by atoms with Gasteiger partial charge < -0.3 is 29.1 Å². The summed E-state index contributed by atoms with van der Waals surface area (Å²) in [5.41, 5.74) is 1.06. The largest absolute Gasteiger partial charge is 0.497 e. The number of carbonyl (C=O) groups excluding carboxylic acids is 2. The second-order valence-corrected chi connectivity index (χ2v) is 20.5. The van der Waals surface area contributed by atoms with Crippen LogP contribution in [0.25, 0.3) is 16.5 Å². The molecule has 5 aromatic rings. The molecule has 2 saturated heterocycles. The highest BCUT2D eigenvalue weighted by Gasteiger charge is 2.66. The number of rotatable bonds is 10. The van der Waals surface area contributed by atoms with Crippen LogP contribution in [0, 0.1) is 5.92 Å². The number of hydrogen-bond acceptors (Lipinski definition) is 8. The van der Waals surface area contributed by atoms with Crippen LogP contribution in [-0.2, 0) is 26.5 Å². The lowest BCUT2D eigenvalue weighted by Crippen LogP contribution is -2.52. The van der Waals surface area contributed by atoms with Crippen LogP contribution >= 0.6 is 0 Å². The molecule has 8 rings (SSSR count). The zero-order chi connectivity index (χ0) is 39.4. The number of aromatic nitrogens is 2. The molecule has 5 atom stereocenters. The van der Waals surface area contributed by atoms with Crippen molar-refractivity contribution in [2.75, 3.05) is 32.3 Å². The SMILES string of the molecule is COc1ccc([Si](C)(C)[C@H]2[C@H](CC(=O)N3CCC[C@H]3CO)O[C@@]3(C(=O)N(Cc4cccc(-n5ncc6ccccc6c5=O)c4)c4ccc(OC)cc43)[C@@H]2C)cc1. The van der Waals surface area contributed by atoms with Crippen molar-refractivity contribution in [1.82, 2.24) is 14.7 Å². The molecule has 0 bridgehead atoms. The predicted molar refractivity (Wildman–Crippen MR) is 218 cm³/mol. The normalized spacial score (nSPS) is 23.3. The summed E-state index contributed by atoms with van der Waals surface area (Å²) in [7, 11) is 0.737. The summed E-state index contributed by atoms with van der Waals surface area (Å²) >= 11 is 0. The highest BCUT2D eigenvalue weighted by Crippen LogP contribution is 2.60. The lowest BCUT2D eigenvalue weighted by Gasteiger charge is -2.37. The van der Waals surface area contributed by atoms with Gasteiger partial charge in [-0.2, -0.15) is 9.78 Å². The zero-order valence-corrected chi connectivity index (χ0v) is 33.5. The lowest BCUT2D eigenvalue weighted by molar-refractivity contribution is -0.150. The minimum atomic E-state index is -2.51. The number of ether oxygens (including phenoxy) is 3. The molecular formula is C44H48N4O7Si. The van der Waals surface area contributed by atoms with Gasteiger partial charge in [0.15, 0.2) is 5.60 Å². The van der Waals surface area contributed by atoms with E-state index in [1.54, 1.807) is 36.3 Å². The fraction of sp³-hybridized carbons (Fsp3) is 0.364. The van der Waals surface area contributed by atoms with Gasteiger partial charge in [0.25, 0.3) is 11.5 Å². The summed E-state index contributed by atoms with van der Waals surface area (Å²) in [6, 6.07) is 28.5. The van der Waals surface area contributed by atoms with E-state index in [2.05, 4.69) is 37.2 Å². The van der Waals surface area contributed by atoms with E-state index in [1.807, 2.05) is 72.8 Å². The van der Waals surface area contributed by atoms with Crippen LogP contribution in [0.3, 0.4) is 0 Å². The molecule has 290 valence electrons. The molecular weight excluding hydrogens is 725 g/mol. The first kappa shape index (κ1) is 37.6. The van der Waals surface area contributed by atoms with Crippen LogP contribution in [0.2, 0.25) is 18.6 Å². The van der Waals surface area contributed by atoms with Crippen LogP contribution in [0.5, 0.6) is 11.5 Å². The second-order valence-electron chi connectivity index (χ2n) is 15.8. The molecule has 1 N–H and O–H groups in total.